The van der Waals surface area contributed by atoms with Gasteiger partial charge in [0.15, 0.2) is 0 Å². The minimum atomic E-state index is 0.661. The van der Waals surface area contributed by atoms with Crippen LogP contribution in [-0.4, -0.2) is 19.0 Å². The number of hydrogen-bond acceptors (Lipinski definition) is 2. The van der Waals surface area contributed by atoms with Crippen molar-refractivity contribution >= 4 is 15.9 Å². The predicted molar refractivity (Wildman–Crippen MR) is 73.3 cm³/mol. The van der Waals surface area contributed by atoms with Gasteiger partial charge in [0.25, 0.3) is 0 Å². The third kappa shape index (κ3) is 3.38. The Balaban J connectivity index is 1.98. The Morgan fingerprint density at radius 2 is 2.06 bits per heavy atom. The van der Waals surface area contributed by atoms with Gasteiger partial charge in [0, 0.05) is 10.9 Å². The van der Waals surface area contributed by atoms with Gasteiger partial charge in [0.2, 0.25) is 0 Å². The lowest BCUT2D eigenvalue weighted by molar-refractivity contribution is 0.390. The Bertz CT molecular complexity index is 374. The second kappa shape index (κ2) is 5.76. The molecule has 2 rings (SSSR count). The fourth-order valence-corrected chi connectivity index (χ4v) is 2.80. The number of halogens is 1. The number of methoxy groups -OCH3 is 2. The van der Waals surface area contributed by atoms with Crippen LogP contribution in [-0.2, 0) is 6.42 Å². The molecule has 0 amide bonds. The van der Waals surface area contributed by atoms with E-state index in [4.69, 9.17) is 9.47 Å². The maximum Gasteiger partial charge on any atom is 0.125 e. The maximum atomic E-state index is 5.40. The zero-order chi connectivity index (χ0) is 12.3. The first-order valence-corrected chi connectivity index (χ1v) is 7.01. The number of aryl methyl sites for hydroxylation is 1. The van der Waals surface area contributed by atoms with Crippen LogP contribution in [0.15, 0.2) is 18.2 Å². The summed E-state index contributed by atoms with van der Waals surface area (Å²) in [7, 11) is 3.39. The van der Waals surface area contributed by atoms with Crippen molar-refractivity contribution in [1.29, 1.82) is 0 Å². The quantitative estimate of drug-likeness (QED) is 0.744. The van der Waals surface area contributed by atoms with Crippen LogP contribution < -0.4 is 9.47 Å². The Labute approximate surface area is 111 Å². The van der Waals surface area contributed by atoms with Gasteiger partial charge < -0.3 is 9.47 Å². The summed E-state index contributed by atoms with van der Waals surface area (Å²) in [6.45, 7) is 0. The van der Waals surface area contributed by atoms with Crippen LogP contribution in [0.5, 0.6) is 11.5 Å². The van der Waals surface area contributed by atoms with E-state index in [2.05, 4.69) is 22.0 Å². The summed E-state index contributed by atoms with van der Waals surface area (Å²) in [5, 5.41) is 0. The molecule has 3 heteroatoms. The predicted octanol–water partition coefficient (Wildman–Crippen LogP) is 3.81. The average Bonchev–Trinajstić information content (AvgIpc) is 3.19. The first kappa shape index (κ1) is 12.7. The lowest BCUT2D eigenvalue weighted by Gasteiger charge is -2.12. The van der Waals surface area contributed by atoms with Crippen molar-refractivity contribution in [3.63, 3.8) is 0 Å². The van der Waals surface area contributed by atoms with Crippen molar-refractivity contribution in [1.82, 2.24) is 0 Å². The summed E-state index contributed by atoms with van der Waals surface area (Å²) in [4.78, 5) is 0.661. The second-order valence-electron chi connectivity index (χ2n) is 4.57. The Kier molecular flexibility index (Phi) is 4.32. The molecular formula is C14H19BrO2. The molecular weight excluding hydrogens is 280 g/mol. The van der Waals surface area contributed by atoms with E-state index in [9.17, 15) is 0 Å². The van der Waals surface area contributed by atoms with Crippen molar-refractivity contribution in [2.45, 2.75) is 30.5 Å². The van der Waals surface area contributed by atoms with E-state index >= 15 is 0 Å². The number of alkyl halides is 1. The van der Waals surface area contributed by atoms with Crippen LogP contribution in [0.3, 0.4) is 0 Å². The molecule has 0 N–H and O–H groups in total. The Morgan fingerprint density at radius 3 is 2.65 bits per heavy atom. The van der Waals surface area contributed by atoms with Crippen LogP contribution in [0, 0.1) is 5.92 Å². The van der Waals surface area contributed by atoms with E-state index in [0.29, 0.717) is 4.83 Å². The van der Waals surface area contributed by atoms with Gasteiger partial charge in [0.1, 0.15) is 11.5 Å². The van der Waals surface area contributed by atoms with Crippen molar-refractivity contribution in [3.05, 3.63) is 23.8 Å². The number of ether oxygens (including phenoxy) is 2. The molecule has 17 heavy (non-hydrogen) atoms. The zero-order valence-electron chi connectivity index (χ0n) is 10.4. The lowest BCUT2D eigenvalue weighted by atomic mass is 10.1. The summed E-state index contributed by atoms with van der Waals surface area (Å²) < 4.78 is 10.6. The lowest BCUT2D eigenvalue weighted by Crippen LogP contribution is -2.03. The first-order valence-electron chi connectivity index (χ1n) is 6.09. The van der Waals surface area contributed by atoms with Gasteiger partial charge in [-0.25, -0.2) is 0 Å². The third-order valence-electron chi connectivity index (χ3n) is 3.32. The minimum absolute atomic E-state index is 0.661. The molecule has 2 nitrogen and oxygen atoms in total. The van der Waals surface area contributed by atoms with Crippen LogP contribution in [0.2, 0.25) is 0 Å². The SMILES string of the molecule is COc1ccc(CCC(Br)C2CC2)c(OC)c1. The van der Waals surface area contributed by atoms with Crippen LogP contribution in [0.4, 0.5) is 0 Å². The maximum absolute atomic E-state index is 5.40. The molecule has 0 spiro atoms. The number of hydrogen-bond donors (Lipinski definition) is 0. The van der Waals surface area contributed by atoms with E-state index in [1.807, 2.05) is 12.1 Å². The molecule has 0 saturated heterocycles. The van der Waals surface area contributed by atoms with Gasteiger partial charge in [-0.2, -0.15) is 0 Å². The van der Waals surface area contributed by atoms with Gasteiger partial charge in [-0.15, -0.1) is 0 Å². The zero-order valence-corrected chi connectivity index (χ0v) is 12.0. The van der Waals surface area contributed by atoms with Gasteiger partial charge >= 0.3 is 0 Å². The fourth-order valence-electron chi connectivity index (χ4n) is 2.05. The standard InChI is InChI=1S/C14H19BrO2/c1-16-12-7-5-11(14(9-12)17-2)6-8-13(15)10-3-4-10/h5,7,9-10,13H,3-4,6,8H2,1-2H3. The van der Waals surface area contributed by atoms with Crippen molar-refractivity contribution in [3.8, 4) is 11.5 Å². The van der Waals surface area contributed by atoms with Crippen LogP contribution >= 0.6 is 15.9 Å². The molecule has 1 atom stereocenters. The Hall–Kier alpha value is -0.700. The van der Waals surface area contributed by atoms with Gasteiger partial charge in [0.05, 0.1) is 14.2 Å². The number of benzene rings is 1. The summed E-state index contributed by atoms with van der Waals surface area (Å²) >= 11 is 3.77. The summed E-state index contributed by atoms with van der Waals surface area (Å²) in [5.74, 6) is 2.68. The molecule has 94 valence electrons. The number of rotatable bonds is 6. The first-order chi connectivity index (χ1) is 8.24. The molecule has 0 aromatic heterocycles. The molecule has 1 saturated carbocycles. The molecule has 1 aliphatic carbocycles. The molecule has 0 aliphatic heterocycles. The summed E-state index contributed by atoms with van der Waals surface area (Å²) in [6, 6.07) is 6.05. The van der Waals surface area contributed by atoms with E-state index < -0.39 is 0 Å². The highest BCUT2D eigenvalue weighted by Gasteiger charge is 2.28. The van der Waals surface area contributed by atoms with E-state index in [1.54, 1.807) is 14.2 Å². The smallest absolute Gasteiger partial charge is 0.125 e. The summed E-state index contributed by atoms with van der Waals surface area (Å²) in [6.07, 6.45) is 5.00. The Morgan fingerprint density at radius 1 is 1.29 bits per heavy atom. The molecule has 1 aliphatic rings. The van der Waals surface area contributed by atoms with Gasteiger partial charge in [-0.05, 0) is 43.2 Å². The molecule has 1 unspecified atom stereocenters. The largest absolute Gasteiger partial charge is 0.497 e. The molecule has 0 radical (unpaired) electrons. The van der Waals surface area contributed by atoms with Crippen LogP contribution in [0.1, 0.15) is 24.8 Å². The van der Waals surface area contributed by atoms with Gasteiger partial charge in [-0.1, -0.05) is 22.0 Å². The van der Waals surface area contributed by atoms with E-state index in [0.717, 1.165) is 23.8 Å². The van der Waals surface area contributed by atoms with E-state index in [-0.39, 0.29) is 0 Å². The fraction of sp³-hybridized carbons (Fsp3) is 0.571. The highest BCUT2D eigenvalue weighted by Crippen LogP contribution is 2.39. The minimum Gasteiger partial charge on any atom is -0.497 e. The average molecular weight is 299 g/mol. The topological polar surface area (TPSA) is 18.5 Å². The van der Waals surface area contributed by atoms with E-state index in [1.165, 1.54) is 24.8 Å². The molecule has 0 bridgehead atoms. The van der Waals surface area contributed by atoms with Crippen molar-refractivity contribution in [2.75, 3.05) is 14.2 Å². The second-order valence-corrected chi connectivity index (χ2v) is 5.75. The molecule has 1 fully saturated rings. The third-order valence-corrected chi connectivity index (χ3v) is 4.52. The van der Waals surface area contributed by atoms with Crippen molar-refractivity contribution in [2.24, 2.45) is 5.92 Å². The molecule has 0 heterocycles. The summed E-state index contributed by atoms with van der Waals surface area (Å²) in [5.41, 5.74) is 1.26. The highest BCUT2D eigenvalue weighted by atomic mass is 79.9. The van der Waals surface area contributed by atoms with Crippen LogP contribution in [0.25, 0.3) is 0 Å². The van der Waals surface area contributed by atoms with Gasteiger partial charge in [-0.3, -0.25) is 0 Å². The monoisotopic (exact) mass is 298 g/mol. The normalized spacial score (nSPS) is 16.6. The van der Waals surface area contributed by atoms with Crippen molar-refractivity contribution < 1.29 is 9.47 Å². The molecule has 1 aromatic rings. The molecule has 1 aromatic carbocycles. The highest BCUT2D eigenvalue weighted by molar-refractivity contribution is 9.09.